The first kappa shape index (κ1) is 15.2. The van der Waals surface area contributed by atoms with Crippen LogP contribution < -0.4 is 9.91 Å². The van der Waals surface area contributed by atoms with Crippen LogP contribution in [-0.2, 0) is 22.4 Å². The summed E-state index contributed by atoms with van der Waals surface area (Å²) in [6.45, 7) is 0. The summed E-state index contributed by atoms with van der Waals surface area (Å²) in [5.74, 6) is -1.21. The summed E-state index contributed by atoms with van der Waals surface area (Å²) in [6.07, 6.45) is 3.08. The van der Waals surface area contributed by atoms with E-state index in [-0.39, 0.29) is 11.8 Å². The van der Waals surface area contributed by atoms with E-state index in [9.17, 15) is 14.0 Å². The van der Waals surface area contributed by atoms with Gasteiger partial charge >= 0.3 is 0 Å². The van der Waals surface area contributed by atoms with Gasteiger partial charge in [-0.2, -0.15) is 5.11 Å². The molecule has 5 rings (SSSR count). The van der Waals surface area contributed by atoms with E-state index in [0.717, 1.165) is 19.3 Å². The number of fused-ring (bicyclic) bond motifs is 2. The van der Waals surface area contributed by atoms with Crippen LogP contribution in [-0.4, -0.2) is 23.9 Å². The van der Waals surface area contributed by atoms with E-state index in [4.69, 9.17) is 0 Å². The molecule has 2 heterocycles. The van der Waals surface area contributed by atoms with Gasteiger partial charge in [0.25, 0.3) is 11.8 Å². The molecular weight excluding hydrogens is 335 g/mol. The van der Waals surface area contributed by atoms with Gasteiger partial charge in [-0.15, -0.1) is 0 Å². The third-order valence-electron chi connectivity index (χ3n) is 5.19. The number of benzene rings is 2. The second-order valence-electron chi connectivity index (χ2n) is 6.74. The van der Waals surface area contributed by atoms with Crippen molar-refractivity contribution in [2.45, 2.75) is 31.3 Å². The number of halogens is 1. The molecule has 0 bridgehead atoms. The maximum absolute atomic E-state index is 13.5. The summed E-state index contributed by atoms with van der Waals surface area (Å²) in [7, 11) is 0. The first-order valence-corrected chi connectivity index (χ1v) is 8.59. The van der Waals surface area contributed by atoms with Crippen LogP contribution in [0.1, 0.15) is 17.5 Å². The number of anilines is 2. The zero-order valence-electron chi connectivity index (χ0n) is 13.8. The summed E-state index contributed by atoms with van der Waals surface area (Å²) in [5.41, 5.74) is 3.43. The molecule has 2 aromatic carbocycles. The lowest BCUT2D eigenvalue weighted by atomic mass is 10.1. The highest BCUT2D eigenvalue weighted by Crippen LogP contribution is 2.36. The van der Waals surface area contributed by atoms with Gasteiger partial charge in [-0.1, -0.05) is 17.4 Å². The van der Waals surface area contributed by atoms with Crippen LogP contribution in [0.25, 0.3) is 0 Å². The number of rotatable bonds is 2. The maximum Gasteiger partial charge on any atom is 0.263 e. The number of imide groups is 1. The summed E-state index contributed by atoms with van der Waals surface area (Å²) < 4.78 is 13.5. The Bertz CT molecular complexity index is 974. The molecule has 3 aliphatic rings. The summed E-state index contributed by atoms with van der Waals surface area (Å²) >= 11 is 0. The van der Waals surface area contributed by atoms with Gasteiger partial charge in [0.1, 0.15) is 5.82 Å². The van der Waals surface area contributed by atoms with Gasteiger partial charge in [0.05, 0.1) is 11.4 Å². The third-order valence-corrected chi connectivity index (χ3v) is 5.19. The summed E-state index contributed by atoms with van der Waals surface area (Å²) in [5, 5.41) is 9.26. The van der Waals surface area contributed by atoms with E-state index in [1.165, 1.54) is 39.2 Å². The predicted octanol–water partition coefficient (Wildman–Crippen LogP) is 2.81. The molecule has 7 heteroatoms. The number of hydrogen-bond acceptors (Lipinski definition) is 5. The van der Waals surface area contributed by atoms with Crippen LogP contribution in [0.15, 0.2) is 52.8 Å². The number of hydrogen-bond donors (Lipinski definition) is 0. The lowest BCUT2D eigenvalue weighted by molar-refractivity contribution is -0.121. The summed E-state index contributed by atoms with van der Waals surface area (Å²) in [6, 6.07) is 9.72. The molecule has 0 spiro atoms. The molecule has 2 atom stereocenters. The van der Waals surface area contributed by atoms with Crippen molar-refractivity contribution < 1.29 is 14.0 Å². The molecule has 130 valence electrons. The lowest BCUT2D eigenvalue weighted by Gasteiger charge is -2.21. The molecule has 0 aromatic heterocycles. The zero-order valence-corrected chi connectivity index (χ0v) is 13.8. The van der Waals surface area contributed by atoms with Gasteiger partial charge in [-0.3, -0.25) is 9.59 Å². The molecule has 0 saturated carbocycles. The molecule has 26 heavy (non-hydrogen) atoms. The Balaban J connectivity index is 1.51. The van der Waals surface area contributed by atoms with Gasteiger partial charge in [0.15, 0.2) is 12.1 Å². The van der Waals surface area contributed by atoms with Crippen molar-refractivity contribution in [3.8, 4) is 0 Å². The minimum absolute atomic E-state index is 0.382. The molecular formula is C19H15FN4O2. The highest BCUT2D eigenvalue weighted by atomic mass is 19.1. The fourth-order valence-electron chi connectivity index (χ4n) is 3.94. The fourth-order valence-corrected chi connectivity index (χ4v) is 3.94. The Morgan fingerprint density at radius 1 is 0.962 bits per heavy atom. The van der Waals surface area contributed by atoms with Crippen LogP contribution >= 0.6 is 0 Å². The Hall–Kier alpha value is -3.09. The molecule has 6 nitrogen and oxygen atoms in total. The van der Waals surface area contributed by atoms with Gasteiger partial charge in [-0.05, 0) is 60.7 Å². The minimum atomic E-state index is -0.890. The fraction of sp³-hybridized carbons (Fsp3) is 0.263. The van der Waals surface area contributed by atoms with Gasteiger partial charge < -0.3 is 0 Å². The largest absolute Gasteiger partial charge is 0.271 e. The number of nitrogens with zero attached hydrogens (tertiary/aromatic N) is 4. The van der Waals surface area contributed by atoms with Crippen molar-refractivity contribution >= 4 is 23.2 Å². The van der Waals surface area contributed by atoms with Crippen molar-refractivity contribution in [2.24, 2.45) is 10.3 Å². The Kier molecular flexibility index (Phi) is 3.19. The minimum Gasteiger partial charge on any atom is -0.271 e. The van der Waals surface area contributed by atoms with Gasteiger partial charge in [0, 0.05) is 0 Å². The molecule has 1 saturated heterocycles. The third kappa shape index (κ3) is 2.09. The molecule has 0 radical (unpaired) electrons. The normalized spacial score (nSPS) is 23.7. The van der Waals surface area contributed by atoms with Crippen molar-refractivity contribution in [1.82, 2.24) is 0 Å². The maximum atomic E-state index is 13.5. The van der Waals surface area contributed by atoms with Crippen LogP contribution in [0.5, 0.6) is 0 Å². The second-order valence-corrected chi connectivity index (χ2v) is 6.74. The van der Waals surface area contributed by atoms with E-state index < -0.39 is 17.9 Å². The smallest absolute Gasteiger partial charge is 0.263 e. The van der Waals surface area contributed by atoms with Crippen molar-refractivity contribution in [3.63, 3.8) is 0 Å². The first-order valence-electron chi connectivity index (χ1n) is 8.59. The van der Waals surface area contributed by atoms with Crippen LogP contribution in [0.3, 0.4) is 0 Å². The topological polar surface area (TPSA) is 65.3 Å². The van der Waals surface area contributed by atoms with E-state index >= 15 is 0 Å². The molecule has 1 aliphatic carbocycles. The standard InChI is InChI=1S/C19H15FN4O2/c20-13-5-2-6-15(10-13)24-17-16(21-22-24)18(25)23(19(17)26)14-8-7-11-3-1-4-12(11)9-14/h2,5-10,16-17H,1,3-4H2. The Morgan fingerprint density at radius 2 is 1.81 bits per heavy atom. The van der Waals surface area contributed by atoms with Crippen molar-refractivity contribution in [1.29, 1.82) is 0 Å². The molecule has 0 N–H and O–H groups in total. The van der Waals surface area contributed by atoms with E-state index in [2.05, 4.69) is 10.3 Å². The van der Waals surface area contributed by atoms with Crippen LogP contribution in [0, 0.1) is 5.82 Å². The molecule has 2 aromatic rings. The second kappa shape index (κ2) is 5.45. The SMILES string of the molecule is O=C1C2N=NN(c3cccc(F)c3)C2C(=O)N1c1ccc2c(c1)CCC2. The predicted molar refractivity (Wildman–Crippen MR) is 92.3 cm³/mol. The van der Waals surface area contributed by atoms with Crippen molar-refractivity contribution in [3.05, 3.63) is 59.4 Å². The van der Waals surface area contributed by atoms with Crippen molar-refractivity contribution in [2.75, 3.05) is 9.91 Å². The van der Waals surface area contributed by atoms with E-state index in [1.807, 2.05) is 18.2 Å². The van der Waals surface area contributed by atoms with Crippen LogP contribution in [0.4, 0.5) is 15.8 Å². The first-order chi connectivity index (χ1) is 12.6. The average Bonchev–Trinajstić information content (AvgIpc) is 3.32. The van der Waals surface area contributed by atoms with E-state index in [1.54, 1.807) is 6.07 Å². The van der Waals surface area contributed by atoms with Gasteiger partial charge in [0.2, 0.25) is 0 Å². The molecule has 2 amide bonds. The highest BCUT2D eigenvalue weighted by Gasteiger charge is 2.55. The summed E-state index contributed by atoms with van der Waals surface area (Å²) in [4.78, 5) is 27.0. The number of aryl methyl sites for hydroxylation is 2. The lowest BCUT2D eigenvalue weighted by Crippen LogP contribution is -2.40. The van der Waals surface area contributed by atoms with Crippen LogP contribution in [0.2, 0.25) is 0 Å². The number of carbonyl (C=O) groups excluding carboxylic acids is 2. The molecule has 1 fully saturated rings. The number of carbonyl (C=O) groups is 2. The van der Waals surface area contributed by atoms with Gasteiger partial charge in [-0.25, -0.2) is 14.3 Å². The average molecular weight is 350 g/mol. The number of amides is 2. The quantitative estimate of drug-likeness (QED) is 0.783. The Labute approximate surface area is 148 Å². The molecule has 2 unspecified atom stereocenters. The zero-order chi connectivity index (χ0) is 17.8. The monoisotopic (exact) mass is 350 g/mol. The molecule has 2 aliphatic heterocycles. The van der Waals surface area contributed by atoms with E-state index in [0.29, 0.717) is 11.4 Å². The highest BCUT2D eigenvalue weighted by molar-refractivity contribution is 6.26. The Morgan fingerprint density at radius 3 is 2.65 bits per heavy atom.